The smallest absolute Gasteiger partial charge is 0.163 e. The monoisotopic (exact) mass is 342 g/mol. The van der Waals surface area contributed by atoms with Gasteiger partial charge in [-0.2, -0.15) is 0 Å². The summed E-state index contributed by atoms with van der Waals surface area (Å²) < 4.78 is 10.9. The molecule has 0 aromatic heterocycles. The van der Waals surface area contributed by atoms with E-state index in [-0.39, 0.29) is 5.78 Å². The molecule has 0 spiro atoms. The van der Waals surface area contributed by atoms with Crippen molar-refractivity contribution in [3.8, 4) is 11.5 Å². The lowest BCUT2D eigenvalue weighted by molar-refractivity contribution is 0.0979. The normalized spacial score (nSPS) is 10.3. The number of unbranched alkanes of at least 4 members (excludes halogenated alkanes) is 2. The number of ether oxygens (including phenoxy) is 2. The fourth-order valence-electron chi connectivity index (χ4n) is 1.88. The highest BCUT2D eigenvalue weighted by atomic mass is 79.9. The molecule has 1 rings (SSSR count). The van der Waals surface area contributed by atoms with E-state index in [1.54, 1.807) is 13.2 Å². The van der Waals surface area contributed by atoms with Crippen LogP contribution >= 0.6 is 15.9 Å². The van der Waals surface area contributed by atoms with Gasteiger partial charge in [0, 0.05) is 17.3 Å². The number of ketones is 1. The fourth-order valence-corrected chi connectivity index (χ4v) is 2.11. The highest BCUT2D eigenvalue weighted by molar-refractivity contribution is 9.09. The number of benzene rings is 1. The van der Waals surface area contributed by atoms with Crippen molar-refractivity contribution in [2.75, 3.05) is 19.0 Å². The number of methoxy groups -OCH3 is 1. The predicted molar refractivity (Wildman–Crippen MR) is 85.4 cm³/mol. The Bertz CT molecular complexity index is 418. The van der Waals surface area contributed by atoms with E-state index in [9.17, 15) is 4.79 Å². The number of Topliss-reactive ketones (excluding diaryl/α,β-unsaturated/α-hetero) is 1. The predicted octanol–water partition coefficient (Wildman–Crippen LogP) is 4.62. The molecule has 0 atom stereocenters. The summed E-state index contributed by atoms with van der Waals surface area (Å²) in [6.45, 7) is 2.76. The topological polar surface area (TPSA) is 35.5 Å². The molecule has 0 radical (unpaired) electrons. The average Bonchev–Trinajstić information content (AvgIpc) is 2.47. The average molecular weight is 343 g/mol. The Kier molecular flexibility index (Phi) is 8.35. The van der Waals surface area contributed by atoms with Crippen molar-refractivity contribution in [1.82, 2.24) is 0 Å². The molecule has 20 heavy (non-hydrogen) atoms. The van der Waals surface area contributed by atoms with E-state index in [0.717, 1.165) is 31.0 Å². The van der Waals surface area contributed by atoms with E-state index in [2.05, 4.69) is 22.9 Å². The summed E-state index contributed by atoms with van der Waals surface area (Å²) in [6, 6.07) is 5.41. The van der Waals surface area contributed by atoms with Crippen LogP contribution in [0.25, 0.3) is 0 Å². The molecule has 0 aliphatic rings. The van der Waals surface area contributed by atoms with Crippen LogP contribution in [0.15, 0.2) is 18.2 Å². The number of carbonyl (C=O) groups is 1. The maximum Gasteiger partial charge on any atom is 0.163 e. The quantitative estimate of drug-likeness (QED) is 0.353. The first-order valence-corrected chi connectivity index (χ1v) is 8.25. The van der Waals surface area contributed by atoms with Gasteiger partial charge in [0.1, 0.15) is 0 Å². The van der Waals surface area contributed by atoms with Gasteiger partial charge in [0.2, 0.25) is 0 Å². The third kappa shape index (κ3) is 5.53. The fraction of sp³-hybridized carbons (Fsp3) is 0.562. The molecule has 0 aliphatic heterocycles. The third-order valence-electron chi connectivity index (χ3n) is 3.03. The van der Waals surface area contributed by atoms with E-state index in [4.69, 9.17) is 9.47 Å². The Balaban J connectivity index is 2.68. The molecule has 0 saturated heterocycles. The van der Waals surface area contributed by atoms with Crippen LogP contribution in [0.3, 0.4) is 0 Å². The lowest BCUT2D eigenvalue weighted by atomic mass is 10.0. The van der Waals surface area contributed by atoms with Crippen LogP contribution in [0.4, 0.5) is 0 Å². The standard InChI is InChI=1S/C16H23BrO3/c1-3-4-5-7-14(18)13-8-9-15(16(12-13)19-2)20-11-6-10-17/h8-9,12H,3-7,10-11H2,1-2H3. The second-order valence-electron chi connectivity index (χ2n) is 4.64. The Morgan fingerprint density at radius 3 is 2.65 bits per heavy atom. The minimum absolute atomic E-state index is 0.170. The van der Waals surface area contributed by atoms with Crippen LogP contribution in [-0.4, -0.2) is 24.8 Å². The maximum atomic E-state index is 12.1. The molecule has 4 heteroatoms. The number of hydrogen-bond donors (Lipinski definition) is 0. The zero-order chi connectivity index (χ0) is 14.8. The first-order valence-electron chi connectivity index (χ1n) is 7.13. The summed E-state index contributed by atoms with van der Waals surface area (Å²) in [5, 5.41) is 0.906. The van der Waals surface area contributed by atoms with Crippen molar-refractivity contribution < 1.29 is 14.3 Å². The van der Waals surface area contributed by atoms with Gasteiger partial charge >= 0.3 is 0 Å². The number of rotatable bonds is 10. The molecular formula is C16H23BrO3. The van der Waals surface area contributed by atoms with Crippen LogP contribution in [-0.2, 0) is 0 Å². The molecule has 0 aliphatic carbocycles. The van der Waals surface area contributed by atoms with Gasteiger partial charge in [-0.3, -0.25) is 4.79 Å². The van der Waals surface area contributed by atoms with Crippen molar-refractivity contribution in [2.24, 2.45) is 0 Å². The zero-order valence-corrected chi connectivity index (χ0v) is 13.9. The molecule has 0 fully saturated rings. The Morgan fingerprint density at radius 2 is 2.00 bits per heavy atom. The van der Waals surface area contributed by atoms with Gasteiger partial charge in [-0.1, -0.05) is 35.7 Å². The van der Waals surface area contributed by atoms with Crippen LogP contribution in [0.1, 0.15) is 49.4 Å². The summed E-state index contributed by atoms with van der Waals surface area (Å²) in [4.78, 5) is 12.1. The second-order valence-corrected chi connectivity index (χ2v) is 5.43. The van der Waals surface area contributed by atoms with E-state index in [1.807, 2.05) is 12.1 Å². The first-order chi connectivity index (χ1) is 9.72. The maximum absolute atomic E-state index is 12.1. The largest absolute Gasteiger partial charge is 0.493 e. The highest BCUT2D eigenvalue weighted by Gasteiger charge is 2.11. The van der Waals surface area contributed by atoms with Crippen molar-refractivity contribution in [3.05, 3.63) is 23.8 Å². The minimum Gasteiger partial charge on any atom is -0.493 e. The summed E-state index contributed by atoms with van der Waals surface area (Å²) in [6.07, 6.45) is 4.69. The number of carbonyl (C=O) groups excluding carboxylic acids is 1. The summed E-state index contributed by atoms with van der Waals surface area (Å²) in [5.74, 6) is 1.49. The summed E-state index contributed by atoms with van der Waals surface area (Å²) in [7, 11) is 1.60. The van der Waals surface area contributed by atoms with Gasteiger partial charge in [0.25, 0.3) is 0 Å². The van der Waals surface area contributed by atoms with E-state index < -0.39 is 0 Å². The lowest BCUT2D eigenvalue weighted by Gasteiger charge is -2.11. The third-order valence-corrected chi connectivity index (χ3v) is 3.59. The van der Waals surface area contributed by atoms with Gasteiger partial charge in [-0.25, -0.2) is 0 Å². The van der Waals surface area contributed by atoms with Gasteiger partial charge in [0.05, 0.1) is 13.7 Å². The minimum atomic E-state index is 0.170. The van der Waals surface area contributed by atoms with E-state index in [1.165, 1.54) is 0 Å². The van der Waals surface area contributed by atoms with Crippen molar-refractivity contribution in [3.63, 3.8) is 0 Å². The molecule has 0 bridgehead atoms. The molecule has 1 aromatic rings. The molecule has 0 saturated carbocycles. The van der Waals surface area contributed by atoms with Gasteiger partial charge < -0.3 is 9.47 Å². The molecule has 112 valence electrons. The molecule has 1 aromatic carbocycles. The molecular weight excluding hydrogens is 320 g/mol. The number of hydrogen-bond acceptors (Lipinski definition) is 3. The highest BCUT2D eigenvalue weighted by Crippen LogP contribution is 2.29. The number of halogens is 1. The Morgan fingerprint density at radius 1 is 1.20 bits per heavy atom. The lowest BCUT2D eigenvalue weighted by Crippen LogP contribution is -2.03. The van der Waals surface area contributed by atoms with Crippen LogP contribution < -0.4 is 9.47 Å². The van der Waals surface area contributed by atoms with E-state index in [0.29, 0.717) is 30.1 Å². The molecule has 0 heterocycles. The zero-order valence-electron chi connectivity index (χ0n) is 12.3. The van der Waals surface area contributed by atoms with Crippen LogP contribution in [0, 0.1) is 0 Å². The van der Waals surface area contributed by atoms with Gasteiger partial charge in [-0.15, -0.1) is 0 Å². The van der Waals surface area contributed by atoms with Crippen molar-refractivity contribution in [1.29, 1.82) is 0 Å². The Labute approximate surface area is 129 Å². The molecule has 0 amide bonds. The van der Waals surface area contributed by atoms with Crippen molar-refractivity contribution in [2.45, 2.75) is 39.0 Å². The van der Waals surface area contributed by atoms with Gasteiger partial charge in [0.15, 0.2) is 17.3 Å². The van der Waals surface area contributed by atoms with Crippen LogP contribution in [0.5, 0.6) is 11.5 Å². The SMILES string of the molecule is CCCCCC(=O)c1ccc(OCCCBr)c(OC)c1. The Hall–Kier alpha value is -1.03. The second kappa shape index (κ2) is 9.81. The van der Waals surface area contributed by atoms with Gasteiger partial charge in [-0.05, 0) is 31.0 Å². The number of alkyl halides is 1. The van der Waals surface area contributed by atoms with Crippen LogP contribution in [0.2, 0.25) is 0 Å². The summed E-state index contributed by atoms with van der Waals surface area (Å²) >= 11 is 3.36. The first kappa shape index (κ1) is 17.0. The molecule has 0 N–H and O–H groups in total. The van der Waals surface area contributed by atoms with E-state index >= 15 is 0 Å². The molecule has 3 nitrogen and oxygen atoms in total. The van der Waals surface area contributed by atoms with Crippen molar-refractivity contribution >= 4 is 21.7 Å². The molecule has 0 unspecified atom stereocenters. The summed E-state index contributed by atoms with van der Waals surface area (Å²) in [5.41, 5.74) is 0.700.